The highest BCUT2D eigenvalue weighted by Crippen LogP contribution is 2.21. The Balaban J connectivity index is 2.80. The van der Waals surface area contributed by atoms with Gasteiger partial charge in [-0.1, -0.05) is 6.07 Å². The average molecular weight is 213 g/mol. The monoisotopic (exact) mass is 213 g/mol. The van der Waals surface area contributed by atoms with Crippen LogP contribution >= 0.6 is 0 Å². The Hall–Kier alpha value is -2.54. The van der Waals surface area contributed by atoms with E-state index >= 15 is 0 Å². The number of nitrogens with zero attached hydrogens (tertiary/aromatic N) is 1. The summed E-state index contributed by atoms with van der Waals surface area (Å²) in [6.45, 7) is 0. The minimum Gasteiger partial charge on any atom is -0.507 e. The maximum absolute atomic E-state index is 11.9. The number of fused-ring (bicyclic) bond motifs is 1. The van der Waals surface area contributed by atoms with E-state index < -0.39 is 0 Å². The van der Waals surface area contributed by atoms with Crippen molar-refractivity contribution in [2.75, 3.05) is 0 Å². The molecule has 0 fully saturated rings. The molecule has 0 aliphatic heterocycles. The number of hydrogen-bond acceptors (Lipinski definition) is 4. The molecule has 0 aliphatic carbocycles. The fourth-order valence-corrected chi connectivity index (χ4v) is 1.41. The Bertz CT molecular complexity index is 662. The molecule has 0 radical (unpaired) electrons. The summed E-state index contributed by atoms with van der Waals surface area (Å²) in [6, 6.07) is 6.38. The summed E-state index contributed by atoms with van der Waals surface area (Å²) >= 11 is 0. The molecule has 1 N–H and O–H groups in total. The fourth-order valence-electron chi connectivity index (χ4n) is 1.41. The van der Waals surface area contributed by atoms with Crippen LogP contribution in [0.3, 0.4) is 0 Å². The van der Waals surface area contributed by atoms with Crippen LogP contribution in [0.4, 0.5) is 0 Å². The highest BCUT2D eigenvalue weighted by molar-refractivity contribution is 5.84. The van der Waals surface area contributed by atoms with Crippen LogP contribution in [0.2, 0.25) is 0 Å². The molecule has 4 heteroatoms. The minimum atomic E-state index is -0.356. The Morgan fingerprint density at radius 1 is 1.44 bits per heavy atom. The molecule has 16 heavy (non-hydrogen) atoms. The number of rotatable bonds is 1. The molecule has 78 valence electrons. The van der Waals surface area contributed by atoms with Gasteiger partial charge in [0.2, 0.25) is 5.43 Å². The summed E-state index contributed by atoms with van der Waals surface area (Å²) < 4.78 is 5.18. The average Bonchev–Trinajstić information content (AvgIpc) is 2.28. The third kappa shape index (κ3) is 1.55. The van der Waals surface area contributed by atoms with Gasteiger partial charge in [0.15, 0.2) is 0 Å². The van der Waals surface area contributed by atoms with Gasteiger partial charge in [-0.25, -0.2) is 0 Å². The van der Waals surface area contributed by atoms with Crippen molar-refractivity contribution in [2.45, 2.75) is 0 Å². The van der Waals surface area contributed by atoms with Crippen molar-refractivity contribution in [1.82, 2.24) is 0 Å². The lowest BCUT2D eigenvalue weighted by molar-refractivity contribution is 0.479. The first-order valence-corrected chi connectivity index (χ1v) is 4.53. The Kier molecular flexibility index (Phi) is 2.44. The zero-order chi connectivity index (χ0) is 11.5. The molecular formula is C12H7NO3. The Labute approximate surface area is 90.7 Å². The number of allylic oxidation sites excluding steroid dienone is 1. The predicted molar refractivity (Wildman–Crippen MR) is 58.8 cm³/mol. The molecule has 2 aromatic rings. The molecule has 0 unspecified atom stereocenters. The molecular weight excluding hydrogens is 206 g/mol. The van der Waals surface area contributed by atoms with E-state index in [1.165, 1.54) is 24.5 Å². The lowest BCUT2D eigenvalue weighted by Gasteiger charge is -1.99. The summed E-state index contributed by atoms with van der Waals surface area (Å²) in [4.78, 5) is 11.9. The second-order valence-corrected chi connectivity index (χ2v) is 3.13. The molecule has 0 saturated carbocycles. The molecule has 0 aliphatic rings. The molecule has 2 rings (SSSR count). The lowest BCUT2D eigenvalue weighted by Crippen LogP contribution is -2.04. The van der Waals surface area contributed by atoms with Gasteiger partial charge in [-0.3, -0.25) is 4.79 Å². The van der Waals surface area contributed by atoms with E-state index in [-0.39, 0.29) is 22.1 Å². The van der Waals surface area contributed by atoms with Gasteiger partial charge in [-0.05, 0) is 18.2 Å². The molecule has 0 spiro atoms. The van der Waals surface area contributed by atoms with Gasteiger partial charge in [0.1, 0.15) is 23.0 Å². The van der Waals surface area contributed by atoms with Gasteiger partial charge < -0.3 is 9.52 Å². The first-order chi connectivity index (χ1) is 7.74. The first-order valence-electron chi connectivity index (χ1n) is 4.53. The van der Waals surface area contributed by atoms with E-state index in [0.717, 1.165) is 0 Å². The van der Waals surface area contributed by atoms with Crippen molar-refractivity contribution in [2.24, 2.45) is 0 Å². The molecule has 1 aromatic heterocycles. The van der Waals surface area contributed by atoms with Crippen molar-refractivity contribution in [1.29, 1.82) is 5.26 Å². The zero-order valence-corrected chi connectivity index (χ0v) is 8.18. The predicted octanol–water partition coefficient (Wildman–Crippen LogP) is 2.04. The van der Waals surface area contributed by atoms with E-state index in [4.69, 9.17) is 9.68 Å². The number of aromatic hydroxyl groups is 1. The van der Waals surface area contributed by atoms with Gasteiger partial charge in [0, 0.05) is 6.08 Å². The zero-order valence-electron chi connectivity index (χ0n) is 8.18. The quantitative estimate of drug-likeness (QED) is 0.735. The van der Waals surface area contributed by atoms with Crippen LogP contribution in [0.15, 0.2) is 39.7 Å². The molecule has 0 amide bonds. The third-order valence-electron chi connectivity index (χ3n) is 2.14. The second kappa shape index (κ2) is 3.91. The second-order valence-electron chi connectivity index (χ2n) is 3.13. The van der Waals surface area contributed by atoms with Crippen LogP contribution in [-0.2, 0) is 0 Å². The fraction of sp³-hybridized carbons (Fsp3) is 0. The first kappa shape index (κ1) is 9.99. The largest absolute Gasteiger partial charge is 0.507 e. The van der Waals surface area contributed by atoms with Crippen LogP contribution < -0.4 is 5.43 Å². The number of nitriles is 1. The van der Waals surface area contributed by atoms with Gasteiger partial charge in [-0.15, -0.1) is 0 Å². The highest BCUT2D eigenvalue weighted by atomic mass is 16.3. The molecule has 0 saturated heterocycles. The van der Waals surface area contributed by atoms with Crippen molar-refractivity contribution >= 4 is 17.0 Å². The molecule has 1 aromatic carbocycles. The number of benzene rings is 1. The van der Waals surface area contributed by atoms with Crippen LogP contribution in [-0.4, -0.2) is 5.11 Å². The summed E-state index contributed by atoms with van der Waals surface area (Å²) in [5.74, 6) is -0.126. The maximum Gasteiger partial charge on any atom is 0.203 e. The van der Waals surface area contributed by atoms with Gasteiger partial charge >= 0.3 is 0 Å². The van der Waals surface area contributed by atoms with Gasteiger partial charge in [0.25, 0.3) is 0 Å². The van der Waals surface area contributed by atoms with Crippen LogP contribution in [0.5, 0.6) is 5.75 Å². The molecule has 4 nitrogen and oxygen atoms in total. The van der Waals surface area contributed by atoms with Crippen LogP contribution in [0.25, 0.3) is 17.0 Å². The molecule has 0 atom stereocenters. The third-order valence-corrected chi connectivity index (χ3v) is 2.14. The topological polar surface area (TPSA) is 74.2 Å². The Morgan fingerprint density at radius 2 is 2.25 bits per heavy atom. The Morgan fingerprint density at radius 3 is 3.00 bits per heavy atom. The number of phenols is 1. The summed E-state index contributed by atoms with van der Waals surface area (Å²) in [6.07, 6.45) is 3.79. The van der Waals surface area contributed by atoms with E-state index in [1.54, 1.807) is 18.2 Å². The van der Waals surface area contributed by atoms with Gasteiger partial charge in [-0.2, -0.15) is 5.26 Å². The molecule has 1 heterocycles. The van der Waals surface area contributed by atoms with Crippen LogP contribution in [0, 0.1) is 11.3 Å². The van der Waals surface area contributed by atoms with E-state index in [0.29, 0.717) is 5.58 Å². The highest BCUT2D eigenvalue weighted by Gasteiger charge is 2.08. The van der Waals surface area contributed by atoms with Crippen molar-refractivity contribution in [3.05, 3.63) is 46.3 Å². The lowest BCUT2D eigenvalue weighted by atomic mass is 10.1. The van der Waals surface area contributed by atoms with E-state index in [9.17, 15) is 9.90 Å². The van der Waals surface area contributed by atoms with Crippen LogP contribution in [0.1, 0.15) is 5.56 Å². The normalized spacial score (nSPS) is 10.7. The van der Waals surface area contributed by atoms with Crippen molar-refractivity contribution < 1.29 is 9.52 Å². The smallest absolute Gasteiger partial charge is 0.203 e. The van der Waals surface area contributed by atoms with E-state index in [1.807, 2.05) is 0 Å². The SMILES string of the molecule is N#C/C=C/c1coc2cccc(O)c2c1=O. The standard InChI is InChI=1S/C12H7NO3/c13-6-2-3-8-7-16-10-5-1-4-9(14)11(10)12(8)15/h1-5,7,14H/b3-2+. The number of hydrogen-bond donors (Lipinski definition) is 1. The van der Waals surface area contributed by atoms with Gasteiger partial charge in [0.05, 0.1) is 11.6 Å². The molecule has 0 bridgehead atoms. The number of phenolic OH excluding ortho intramolecular Hbond substituents is 1. The maximum atomic E-state index is 11.9. The van der Waals surface area contributed by atoms with E-state index in [2.05, 4.69) is 0 Å². The summed E-state index contributed by atoms with van der Waals surface area (Å²) in [7, 11) is 0. The van der Waals surface area contributed by atoms with Crippen molar-refractivity contribution in [3.63, 3.8) is 0 Å². The summed E-state index contributed by atoms with van der Waals surface area (Å²) in [5, 5.41) is 18.0. The summed E-state index contributed by atoms with van der Waals surface area (Å²) in [5.41, 5.74) is 0.195. The van der Waals surface area contributed by atoms with Crippen molar-refractivity contribution in [3.8, 4) is 11.8 Å². The minimum absolute atomic E-state index is 0.126.